The quantitative estimate of drug-likeness (QED) is 0.501. The van der Waals surface area contributed by atoms with E-state index in [0.29, 0.717) is 5.56 Å². The fourth-order valence-corrected chi connectivity index (χ4v) is 2.90. The van der Waals surface area contributed by atoms with E-state index in [1.165, 1.54) is 0 Å². The Bertz CT molecular complexity index is 690. The third-order valence-electron chi connectivity index (χ3n) is 3.70. The third-order valence-corrected chi connectivity index (χ3v) is 4.02. The smallest absolute Gasteiger partial charge is 0.231 e. The maximum Gasteiger partial charge on any atom is 0.231 e. The highest BCUT2D eigenvalue weighted by molar-refractivity contribution is 6.33. The van der Waals surface area contributed by atoms with E-state index >= 15 is 0 Å². The van der Waals surface area contributed by atoms with Gasteiger partial charge in [-0.3, -0.25) is 10.1 Å². The molecule has 0 amide bonds. The second-order valence-electron chi connectivity index (χ2n) is 5.55. The van der Waals surface area contributed by atoms with Crippen LogP contribution in [0, 0.1) is 0 Å². The largest absolute Gasteiger partial charge is 0.454 e. The molecule has 2 aromatic rings. The second-order valence-corrected chi connectivity index (χ2v) is 5.99. The summed E-state index contributed by atoms with van der Waals surface area (Å²) in [5.74, 6) is 1.41. The van der Waals surface area contributed by atoms with Crippen LogP contribution in [0.5, 0.6) is 11.5 Å². The first kappa shape index (κ1) is 15.8. The molecule has 1 heterocycles. The number of ketones is 1. The Labute approximate surface area is 140 Å². The number of carbonyl (C=O) groups is 1. The molecule has 0 bridgehead atoms. The molecule has 2 atom stereocenters. The Hall–Kier alpha value is -2.04. The van der Waals surface area contributed by atoms with Gasteiger partial charge in [-0.2, -0.15) is 0 Å². The highest BCUT2D eigenvalue weighted by Gasteiger charge is 2.20. The van der Waals surface area contributed by atoms with Crippen LogP contribution in [0.25, 0.3) is 0 Å². The van der Waals surface area contributed by atoms with Gasteiger partial charge in [0.1, 0.15) is 5.50 Å². The summed E-state index contributed by atoms with van der Waals surface area (Å²) in [6.07, 6.45) is 0.738. The number of fused-ring (bicyclic) bond motifs is 1. The van der Waals surface area contributed by atoms with Gasteiger partial charge in [0.15, 0.2) is 17.3 Å². The maximum absolute atomic E-state index is 12.3. The molecule has 3 rings (SSSR count). The van der Waals surface area contributed by atoms with Gasteiger partial charge in [0.2, 0.25) is 6.79 Å². The molecule has 0 aromatic heterocycles. The zero-order valence-corrected chi connectivity index (χ0v) is 13.5. The lowest BCUT2D eigenvalue weighted by molar-refractivity contribution is 0.0971. The Morgan fingerprint density at radius 2 is 1.91 bits per heavy atom. The lowest BCUT2D eigenvalue weighted by atomic mass is 10.1. The summed E-state index contributed by atoms with van der Waals surface area (Å²) in [5, 5.41) is 3.14. The summed E-state index contributed by atoms with van der Waals surface area (Å²) >= 11 is 6.22. The predicted molar refractivity (Wildman–Crippen MR) is 89.3 cm³/mol. The van der Waals surface area contributed by atoms with E-state index in [9.17, 15) is 4.79 Å². The van der Waals surface area contributed by atoms with Crippen LogP contribution in [0.2, 0.25) is 0 Å². The molecule has 0 saturated heterocycles. The molecular formula is C18H18ClNO3. The topological polar surface area (TPSA) is 47.6 Å². The van der Waals surface area contributed by atoms with Gasteiger partial charge in [-0.1, -0.05) is 48.0 Å². The molecule has 1 aliphatic rings. The summed E-state index contributed by atoms with van der Waals surface area (Å²) in [5.41, 5.74) is 0.960. The molecule has 0 aliphatic carbocycles. The van der Waals surface area contributed by atoms with E-state index in [-0.39, 0.29) is 18.6 Å². The minimum absolute atomic E-state index is 0.0468. The first-order valence-corrected chi connectivity index (χ1v) is 7.95. The van der Waals surface area contributed by atoms with Gasteiger partial charge in [-0.05, 0) is 31.0 Å². The number of alkyl halides is 1. The molecule has 2 unspecified atom stereocenters. The Morgan fingerprint density at radius 3 is 2.70 bits per heavy atom. The maximum atomic E-state index is 12.3. The number of benzene rings is 2. The predicted octanol–water partition coefficient (Wildman–Crippen LogP) is 3.38. The Balaban J connectivity index is 1.58. The summed E-state index contributed by atoms with van der Waals surface area (Å²) < 4.78 is 10.7. The summed E-state index contributed by atoms with van der Waals surface area (Å²) in [6, 6.07) is 15.0. The second kappa shape index (κ2) is 7.02. The van der Waals surface area contributed by atoms with E-state index < -0.39 is 5.50 Å². The summed E-state index contributed by atoms with van der Waals surface area (Å²) in [6.45, 7) is 2.26. The first-order chi connectivity index (χ1) is 11.1. The molecule has 5 heteroatoms. The number of nitrogens with one attached hydrogen (secondary N) is 1. The normalized spacial score (nSPS) is 15.2. The number of hydrogen-bond donors (Lipinski definition) is 1. The molecule has 0 spiro atoms. The van der Waals surface area contributed by atoms with Crippen LogP contribution < -0.4 is 14.8 Å². The van der Waals surface area contributed by atoms with Crippen molar-refractivity contribution in [3.05, 3.63) is 59.7 Å². The van der Waals surface area contributed by atoms with Gasteiger partial charge in [0.05, 0.1) is 0 Å². The van der Waals surface area contributed by atoms with Gasteiger partial charge in [0.25, 0.3) is 0 Å². The van der Waals surface area contributed by atoms with Crippen molar-refractivity contribution in [2.75, 3.05) is 6.79 Å². The summed E-state index contributed by atoms with van der Waals surface area (Å²) in [7, 11) is 0. The summed E-state index contributed by atoms with van der Waals surface area (Å²) in [4.78, 5) is 12.3. The van der Waals surface area contributed by atoms with Crippen LogP contribution in [0.3, 0.4) is 0 Å². The minimum Gasteiger partial charge on any atom is -0.454 e. The monoisotopic (exact) mass is 331 g/mol. The van der Waals surface area contributed by atoms with E-state index in [1.807, 2.05) is 43.3 Å². The minimum atomic E-state index is -0.749. The molecule has 120 valence electrons. The molecule has 0 saturated carbocycles. The van der Waals surface area contributed by atoms with Gasteiger partial charge in [-0.15, -0.1) is 0 Å². The number of carbonyl (C=O) groups excluding carboxylic acids is 1. The molecule has 0 fully saturated rings. The highest BCUT2D eigenvalue weighted by atomic mass is 35.5. The van der Waals surface area contributed by atoms with Crippen molar-refractivity contribution < 1.29 is 14.3 Å². The van der Waals surface area contributed by atoms with Crippen LogP contribution in [0.1, 0.15) is 22.8 Å². The van der Waals surface area contributed by atoms with Crippen molar-refractivity contribution in [1.82, 2.24) is 5.32 Å². The molecule has 1 aliphatic heterocycles. The molecule has 2 aromatic carbocycles. The molecule has 23 heavy (non-hydrogen) atoms. The van der Waals surface area contributed by atoms with Crippen LogP contribution in [-0.4, -0.2) is 24.1 Å². The SMILES string of the molecule is CC(Cc1ccc2c(c1)OCO2)NC(Cl)C(=O)c1ccccc1. The number of halogens is 1. The third kappa shape index (κ3) is 3.84. The van der Waals surface area contributed by atoms with E-state index in [1.54, 1.807) is 12.1 Å². The van der Waals surface area contributed by atoms with Gasteiger partial charge in [0, 0.05) is 11.6 Å². The fourth-order valence-electron chi connectivity index (χ4n) is 2.55. The van der Waals surface area contributed by atoms with Gasteiger partial charge < -0.3 is 9.47 Å². The van der Waals surface area contributed by atoms with Crippen molar-refractivity contribution in [2.45, 2.75) is 24.9 Å². The van der Waals surface area contributed by atoms with Crippen molar-refractivity contribution in [2.24, 2.45) is 0 Å². The number of hydrogen-bond acceptors (Lipinski definition) is 4. The van der Waals surface area contributed by atoms with Crippen molar-refractivity contribution >= 4 is 17.4 Å². The van der Waals surface area contributed by atoms with Crippen molar-refractivity contribution in [3.63, 3.8) is 0 Å². The van der Waals surface area contributed by atoms with Crippen LogP contribution in [0.15, 0.2) is 48.5 Å². The first-order valence-electron chi connectivity index (χ1n) is 7.51. The number of Topliss-reactive ketones (excluding diaryl/α,β-unsaturated/α-hetero) is 1. The fraction of sp³-hybridized carbons (Fsp3) is 0.278. The van der Waals surface area contributed by atoms with E-state index in [4.69, 9.17) is 21.1 Å². The average molecular weight is 332 g/mol. The molecular weight excluding hydrogens is 314 g/mol. The lowest BCUT2D eigenvalue weighted by Gasteiger charge is -2.18. The van der Waals surface area contributed by atoms with Crippen LogP contribution >= 0.6 is 11.6 Å². The van der Waals surface area contributed by atoms with Crippen molar-refractivity contribution in [3.8, 4) is 11.5 Å². The number of rotatable bonds is 6. The van der Waals surface area contributed by atoms with Gasteiger partial charge in [-0.25, -0.2) is 0 Å². The van der Waals surface area contributed by atoms with Crippen LogP contribution in [0.4, 0.5) is 0 Å². The Morgan fingerprint density at radius 1 is 1.17 bits per heavy atom. The number of ether oxygens (including phenoxy) is 2. The molecule has 1 N–H and O–H groups in total. The Kier molecular flexibility index (Phi) is 4.84. The standard InChI is InChI=1S/C18H18ClNO3/c1-12(9-13-7-8-15-16(10-13)23-11-22-15)20-18(19)17(21)14-5-3-2-4-6-14/h2-8,10,12,18,20H,9,11H2,1H3. The van der Waals surface area contributed by atoms with Gasteiger partial charge >= 0.3 is 0 Å². The van der Waals surface area contributed by atoms with E-state index in [0.717, 1.165) is 23.5 Å². The average Bonchev–Trinajstić information content (AvgIpc) is 3.02. The molecule has 4 nitrogen and oxygen atoms in total. The van der Waals surface area contributed by atoms with Crippen LogP contribution in [-0.2, 0) is 6.42 Å². The zero-order valence-electron chi connectivity index (χ0n) is 12.8. The lowest BCUT2D eigenvalue weighted by Crippen LogP contribution is -2.39. The molecule has 0 radical (unpaired) electrons. The van der Waals surface area contributed by atoms with Crippen molar-refractivity contribution in [1.29, 1.82) is 0 Å². The zero-order chi connectivity index (χ0) is 16.2. The highest BCUT2D eigenvalue weighted by Crippen LogP contribution is 2.32. The van der Waals surface area contributed by atoms with E-state index in [2.05, 4.69) is 5.32 Å².